The smallest absolute Gasteiger partial charge is 0.462 e. The highest BCUT2D eigenvalue weighted by atomic mass is 31.2. The Labute approximate surface area is 317 Å². The molecule has 1 aliphatic carbocycles. The first-order valence-corrected chi connectivity index (χ1v) is 21.6. The summed E-state index contributed by atoms with van der Waals surface area (Å²) in [6.07, 6.45) is 16.8. The van der Waals surface area contributed by atoms with Crippen molar-refractivity contribution < 1.29 is 63.1 Å². The predicted octanol–water partition coefficient (Wildman–Crippen LogP) is 6.50. The first-order valence-electron chi connectivity index (χ1n) is 20.1. The molecule has 1 saturated carbocycles. The topological polar surface area (TPSA) is 210 Å². The molecule has 0 bridgehead atoms. The maximum Gasteiger partial charge on any atom is 0.472 e. The molecule has 53 heavy (non-hydrogen) atoms. The number of esters is 2. The fourth-order valence-electron chi connectivity index (χ4n) is 5.91. The number of hydrogen-bond acceptors (Lipinski definition) is 12. The van der Waals surface area contributed by atoms with E-state index < -0.39 is 75.7 Å². The fourth-order valence-corrected chi connectivity index (χ4v) is 6.88. The first-order chi connectivity index (χ1) is 25.4. The molecular formula is C39H71O13P. The zero-order valence-corrected chi connectivity index (χ0v) is 33.2. The lowest BCUT2D eigenvalue weighted by Crippen LogP contribution is -2.64. The fraction of sp³-hybridized carbons (Fsp3) is 0.846. The van der Waals surface area contributed by atoms with Crippen molar-refractivity contribution in [3.8, 4) is 0 Å². The van der Waals surface area contributed by atoms with Gasteiger partial charge in [0.15, 0.2) is 6.10 Å². The van der Waals surface area contributed by atoms with E-state index in [4.69, 9.17) is 18.5 Å². The summed E-state index contributed by atoms with van der Waals surface area (Å²) >= 11 is 0. The third-order valence-corrected chi connectivity index (χ3v) is 10.3. The van der Waals surface area contributed by atoms with Gasteiger partial charge in [-0.3, -0.25) is 18.6 Å². The predicted molar refractivity (Wildman–Crippen MR) is 203 cm³/mol. The highest BCUT2D eigenvalue weighted by Gasteiger charge is 2.51. The number of phosphoric acid groups is 1. The Bertz CT molecular complexity index is 1040. The molecule has 6 N–H and O–H groups in total. The van der Waals surface area contributed by atoms with E-state index in [1.54, 1.807) is 0 Å². The van der Waals surface area contributed by atoms with Crippen molar-refractivity contribution in [1.29, 1.82) is 0 Å². The minimum atomic E-state index is -5.11. The summed E-state index contributed by atoms with van der Waals surface area (Å²) in [7, 11) is -5.11. The van der Waals surface area contributed by atoms with Crippen molar-refractivity contribution >= 4 is 19.8 Å². The summed E-state index contributed by atoms with van der Waals surface area (Å²) in [5, 5.41) is 49.9. The van der Waals surface area contributed by atoms with Gasteiger partial charge >= 0.3 is 19.8 Å². The number of rotatable bonds is 32. The lowest BCUT2D eigenvalue weighted by atomic mass is 9.85. The third kappa shape index (κ3) is 23.8. The van der Waals surface area contributed by atoms with Gasteiger partial charge in [0.05, 0.1) is 6.61 Å². The summed E-state index contributed by atoms with van der Waals surface area (Å²) in [5.74, 6) is -1.12. The minimum absolute atomic E-state index is 0.0853. The molecule has 8 atom stereocenters. The van der Waals surface area contributed by atoms with Crippen LogP contribution in [-0.2, 0) is 32.7 Å². The highest BCUT2D eigenvalue weighted by Crippen LogP contribution is 2.47. The third-order valence-electron chi connectivity index (χ3n) is 9.27. The monoisotopic (exact) mass is 778 g/mol. The van der Waals surface area contributed by atoms with Crippen LogP contribution in [0.1, 0.15) is 155 Å². The Hall–Kier alpha value is -1.67. The van der Waals surface area contributed by atoms with Gasteiger partial charge in [-0.05, 0) is 57.8 Å². The number of allylic oxidation sites excluding steroid dienone is 4. The van der Waals surface area contributed by atoms with Gasteiger partial charge in [0.2, 0.25) is 0 Å². The summed E-state index contributed by atoms with van der Waals surface area (Å²) in [6.45, 7) is 3.19. The molecule has 0 heterocycles. The number of aliphatic hydroxyl groups is 5. The van der Waals surface area contributed by atoms with Crippen LogP contribution in [-0.4, -0.2) is 98.3 Å². The first kappa shape index (κ1) is 49.3. The van der Waals surface area contributed by atoms with Gasteiger partial charge in [0.25, 0.3) is 0 Å². The maximum absolute atomic E-state index is 12.7. The average molecular weight is 779 g/mol. The molecule has 0 aromatic rings. The molecule has 0 radical (unpaired) electrons. The van der Waals surface area contributed by atoms with Gasteiger partial charge in [-0.15, -0.1) is 0 Å². The van der Waals surface area contributed by atoms with E-state index >= 15 is 0 Å². The zero-order valence-electron chi connectivity index (χ0n) is 32.3. The van der Waals surface area contributed by atoms with Crippen LogP contribution < -0.4 is 0 Å². The standard InChI is InChI=1S/C39H71O13P/c1-3-5-7-9-11-13-15-16-18-19-21-23-25-27-32(40)49-29-31(51-33(41)28-26-24-22-20-17-14-12-10-8-6-4-2)30-50-53(47,48)52-39-37(45)35(43)34(42)36(44)38(39)46/h10,12-13,15,31,34-39,42-46H,3-9,11,14,16-30H2,1-2H3,(H,47,48)/b12-10-,15-13-/t31-,34?,35-,36?,37?,38?,39?/m1/s1. The Balaban J connectivity index is 2.54. The molecule has 0 spiro atoms. The molecule has 0 aromatic carbocycles. The SMILES string of the molecule is CCCC/C=C\CCCCCCCC(=O)O[C@H](COC(=O)CCCCCCC/C=C\CCCCCC)COP(=O)(O)OC1C(O)C(O)C(O)[C@@H](O)C1O. The van der Waals surface area contributed by atoms with Crippen LogP contribution in [0.5, 0.6) is 0 Å². The molecular weight excluding hydrogens is 707 g/mol. The van der Waals surface area contributed by atoms with Crippen LogP contribution in [0.25, 0.3) is 0 Å². The second kappa shape index (κ2) is 30.5. The molecule has 0 amide bonds. The van der Waals surface area contributed by atoms with Crippen molar-refractivity contribution in [2.45, 2.75) is 198 Å². The molecule has 0 saturated heterocycles. The summed E-state index contributed by atoms with van der Waals surface area (Å²) in [4.78, 5) is 35.4. The second-order valence-corrected chi connectivity index (χ2v) is 15.5. The van der Waals surface area contributed by atoms with E-state index in [2.05, 4.69) is 38.2 Å². The Morgan fingerprint density at radius 2 is 0.981 bits per heavy atom. The molecule has 13 nitrogen and oxygen atoms in total. The number of hydrogen-bond donors (Lipinski definition) is 6. The number of phosphoric ester groups is 1. The normalized spacial score (nSPS) is 23.7. The van der Waals surface area contributed by atoms with E-state index in [-0.39, 0.29) is 12.8 Å². The van der Waals surface area contributed by atoms with Crippen molar-refractivity contribution in [2.75, 3.05) is 13.2 Å². The Morgan fingerprint density at radius 3 is 1.49 bits per heavy atom. The van der Waals surface area contributed by atoms with Crippen molar-refractivity contribution in [3.05, 3.63) is 24.3 Å². The molecule has 310 valence electrons. The summed E-state index contributed by atoms with van der Waals surface area (Å²) in [6, 6.07) is 0. The van der Waals surface area contributed by atoms with Gasteiger partial charge in [-0.25, -0.2) is 4.57 Å². The largest absolute Gasteiger partial charge is 0.472 e. The van der Waals surface area contributed by atoms with E-state index in [0.717, 1.165) is 77.0 Å². The van der Waals surface area contributed by atoms with E-state index in [1.165, 1.54) is 38.5 Å². The molecule has 0 aromatic heterocycles. The Kier molecular flexibility index (Phi) is 28.4. The van der Waals surface area contributed by atoms with Gasteiger partial charge in [0, 0.05) is 12.8 Å². The molecule has 1 aliphatic rings. The number of ether oxygens (including phenoxy) is 2. The van der Waals surface area contributed by atoms with Crippen LogP contribution in [0.15, 0.2) is 24.3 Å². The lowest BCUT2D eigenvalue weighted by molar-refractivity contribution is -0.220. The van der Waals surface area contributed by atoms with Crippen molar-refractivity contribution in [2.24, 2.45) is 0 Å². The number of carbonyl (C=O) groups is 2. The molecule has 1 fully saturated rings. The van der Waals surface area contributed by atoms with Gasteiger partial charge in [-0.2, -0.15) is 0 Å². The Morgan fingerprint density at radius 1 is 0.566 bits per heavy atom. The van der Waals surface area contributed by atoms with Gasteiger partial charge in [0.1, 0.15) is 43.2 Å². The number of carbonyl (C=O) groups excluding carboxylic acids is 2. The molecule has 1 rings (SSSR count). The molecule has 0 aliphatic heterocycles. The van der Waals surface area contributed by atoms with Gasteiger partial charge < -0.3 is 39.9 Å². The summed E-state index contributed by atoms with van der Waals surface area (Å²) in [5.41, 5.74) is 0. The lowest BCUT2D eigenvalue weighted by Gasteiger charge is -2.41. The van der Waals surface area contributed by atoms with E-state index in [1.807, 2.05) is 0 Å². The zero-order chi connectivity index (χ0) is 39.3. The molecule has 6 unspecified atom stereocenters. The van der Waals surface area contributed by atoms with E-state index in [9.17, 15) is 44.6 Å². The number of unbranched alkanes of at least 4 members (excludes halogenated alkanes) is 16. The molecule has 14 heteroatoms. The summed E-state index contributed by atoms with van der Waals surface area (Å²) < 4.78 is 33.3. The average Bonchev–Trinajstić information content (AvgIpc) is 3.13. The quantitative estimate of drug-likeness (QED) is 0.0187. The van der Waals surface area contributed by atoms with Gasteiger partial charge in [-0.1, -0.05) is 109 Å². The van der Waals surface area contributed by atoms with Crippen molar-refractivity contribution in [1.82, 2.24) is 0 Å². The van der Waals surface area contributed by atoms with Crippen LogP contribution in [0.2, 0.25) is 0 Å². The highest BCUT2D eigenvalue weighted by molar-refractivity contribution is 7.47. The van der Waals surface area contributed by atoms with Crippen LogP contribution in [0, 0.1) is 0 Å². The van der Waals surface area contributed by atoms with Crippen LogP contribution in [0.3, 0.4) is 0 Å². The maximum atomic E-state index is 12.7. The number of aliphatic hydroxyl groups excluding tert-OH is 5. The van der Waals surface area contributed by atoms with Crippen LogP contribution >= 0.6 is 7.82 Å². The van der Waals surface area contributed by atoms with E-state index in [0.29, 0.717) is 12.8 Å². The second-order valence-electron chi connectivity index (χ2n) is 14.1. The van der Waals surface area contributed by atoms with Crippen LogP contribution in [0.4, 0.5) is 0 Å². The van der Waals surface area contributed by atoms with Crippen molar-refractivity contribution in [3.63, 3.8) is 0 Å². The minimum Gasteiger partial charge on any atom is -0.462 e.